The van der Waals surface area contributed by atoms with E-state index in [1.807, 2.05) is 66.5 Å². The fraction of sp³-hybridized carbons (Fsp3) is 0.286. The van der Waals surface area contributed by atoms with E-state index < -0.39 is 0 Å². The van der Waals surface area contributed by atoms with Crippen molar-refractivity contribution in [2.75, 3.05) is 33.8 Å². The molecule has 0 unspecified atom stereocenters. The van der Waals surface area contributed by atoms with Crippen LogP contribution in [0.2, 0.25) is 0 Å². The number of nitrogens with zero attached hydrogens (tertiary/aromatic N) is 2. The van der Waals surface area contributed by atoms with Crippen molar-refractivity contribution in [2.45, 2.75) is 12.8 Å². The van der Waals surface area contributed by atoms with Crippen LogP contribution in [0.15, 0.2) is 78.9 Å². The summed E-state index contributed by atoms with van der Waals surface area (Å²) in [7, 11) is 3.46. The molecule has 0 aliphatic carbocycles. The quantitative estimate of drug-likeness (QED) is 0.578. The second-order valence-corrected chi connectivity index (χ2v) is 8.55. The van der Waals surface area contributed by atoms with E-state index in [2.05, 4.69) is 24.3 Å². The summed E-state index contributed by atoms with van der Waals surface area (Å²) in [5, 5.41) is 0. The summed E-state index contributed by atoms with van der Waals surface area (Å²) < 4.78 is 5.20. The van der Waals surface area contributed by atoms with Crippen molar-refractivity contribution < 1.29 is 14.3 Å². The van der Waals surface area contributed by atoms with E-state index >= 15 is 0 Å². The number of hydrogen-bond donors (Lipinski definition) is 0. The van der Waals surface area contributed by atoms with Gasteiger partial charge in [-0.05, 0) is 40.8 Å². The molecule has 1 aliphatic rings. The second kappa shape index (κ2) is 10.3. The molecule has 2 amide bonds. The Balaban J connectivity index is 1.53. The van der Waals surface area contributed by atoms with Gasteiger partial charge in [-0.2, -0.15) is 0 Å². The Hall–Kier alpha value is -3.60. The molecule has 3 aromatic carbocycles. The first kappa shape index (κ1) is 22.6. The fourth-order valence-electron chi connectivity index (χ4n) is 4.40. The largest absolute Gasteiger partial charge is 0.497 e. The van der Waals surface area contributed by atoms with Gasteiger partial charge in [0.2, 0.25) is 11.8 Å². The van der Waals surface area contributed by atoms with E-state index in [0.717, 1.165) is 28.0 Å². The van der Waals surface area contributed by atoms with E-state index in [0.29, 0.717) is 32.5 Å². The Morgan fingerprint density at radius 2 is 1.64 bits per heavy atom. The minimum atomic E-state index is -0.276. The molecule has 5 heteroatoms. The van der Waals surface area contributed by atoms with Gasteiger partial charge in [0.05, 0.1) is 19.4 Å². The molecule has 4 rings (SSSR count). The van der Waals surface area contributed by atoms with Gasteiger partial charge < -0.3 is 14.5 Å². The van der Waals surface area contributed by atoms with Crippen LogP contribution in [0.5, 0.6) is 5.75 Å². The Bertz CT molecular complexity index is 1100. The monoisotopic (exact) mass is 442 g/mol. The van der Waals surface area contributed by atoms with Gasteiger partial charge in [0.15, 0.2) is 0 Å². The molecule has 5 nitrogen and oxygen atoms in total. The molecular weight excluding hydrogens is 412 g/mol. The minimum absolute atomic E-state index is 0.0459. The van der Waals surface area contributed by atoms with Gasteiger partial charge in [0.1, 0.15) is 5.75 Å². The molecule has 1 heterocycles. The minimum Gasteiger partial charge on any atom is -0.497 e. The lowest BCUT2D eigenvalue weighted by Gasteiger charge is -2.24. The summed E-state index contributed by atoms with van der Waals surface area (Å²) in [6, 6.07) is 26.0. The molecule has 1 aliphatic heterocycles. The number of rotatable bonds is 6. The fourth-order valence-corrected chi connectivity index (χ4v) is 4.40. The molecule has 170 valence electrons. The molecule has 33 heavy (non-hydrogen) atoms. The van der Waals surface area contributed by atoms with Crippen molar-refractivity contribution in [1.82, 2.24) is 9.80 Å². The maximum atomic E-state index is 13.2. The van der Waals surface area contributed by atoms with Crippen LogP contribution in [0.4, 0.5) is 0 Å². The van der Waals surface area contributed by atoms with Crippen molar-refractivity contribution in [3.05, 3.63) is 90.0 Å². The Kier molecular flexibility index (Phi) is 7.08. The first-order chi connectivity index (χ1) is 16.0. The number of amides is 2. The summed E-state index contributed by atoms with van der Waals surface area (Å²) in [4.78, 5) is 29.9. The van der Waals surface area contributed by atoms with Crippen LogP contribution in [0.1, 0.15) is 11.1 Å². The van der Waals surface area contributed by atoms with E-state index in [1.54, 1.807) is 12.0 Å². The first-order valence-electron chi connectivity index (χ1n) is 11.3. The number of methoxy groups -OCH3 is 1. The van der Waals surface area contributed by atoms with Crippen LogP contribution in [0, 0.1) is 5.92 Å². The zero-order chi connectivity index (χ0) is 23.2. The summed E-state index contributed by atoms with van der Waals surface area (Å²) in [5.74, 6) is 0.634. The van der Waals surface area contributed by atoms with Crippen molar-refractivity contribution in [3.8, 4) is 16.9 Å². The molecule has 0 bridgehead atoms. The van der Waals surface area contributed by atoms with Gasteiger partial charge in [-0.3, -0.25) is 9.59 Å². The number of carbonyl (C=O) groups is 2. The molecule has 3 aromatic rings. The normalized spacial score (nSPS) is 16.4. The van der Waals surface area contributed by atoms with Gasteiger partial charge in [-0.15, -0.1) is 0 Å². The van der Waals surface area contributed by atoms with Crippen LogP contribution in [0.3, 0.4) is 0 Å². The van der Waals surface area contributed by atoms with E-state index in [4.69, 9.17) is 4.74 Å². The summed E-state index contributed by atoms with van der Waals surface area (Å²) in [6.45, 7) is 1.53. The Morgan fingerprint density at radius 1 is 0.939 bits per heavy atom. The van der Waals surface area contributed by atoms with Crippen LogP contribution >= 0.6 is 0 Å². The number of hydrogen-bond acceptors (Lipinski definition) is 3. The van der Waals surface area contributed by atoms with Crippen molar-refractivity contribution in [2.24, 2.45) is 5.92 Å². The van der Waals surface area contributed by atoms with Crippen molar-refractivity contribution in [3.63, 3.8) is 0 Å². The maximum absolute atomic E-state index is 13.2. The van der Waals surface area contributed by atoms with Crippen molar-refractivity contribution >= 4 is 11.8 Å². The third kappa shape index (κ3) is 5.43. The lowest BCUT2D eigenvalue weighted by molar-refractivity contribution is -0.133. The standard InChI is InChI=1S/C28H30N2O3/c1-29-16-17-30(27(31)18-21-12-14-25(33-2)15-13-21)20-24(28(29)32)19-23-10-6-7-11-26(23)22-8-4-3-5-9-22/h3-15,24H,16-20H2,1-2H3/t24-/m0/s1. The van der Waals surface area contributed by atoms with Crippen LogP contribution in [-0.2, 0) is 22.4 Å². The average Bonchev–Trinajstić information content (AvgIpc) is 2.99. The Labute approximate surface area is 195 Å². The molecular formula is C28H30N2O3. The molecule has 0 radical (unpaired) electrons. The lowest BCUT2D eigenvalue weighted by atomic mass is 9.91. The molecule has 0 saturated carbocycles. The Morgan fingerprint density at radius 3 is 2.36 bits per heavy atom. The number of likely N-dealkylation sites (N-methyl/N-ethyl adjacent to an activating group) is 1. The average molecular weight is 443 g/mol. The summed E-state index contributed by atoms with van der Waals surface area (Å²) >= 11 is 0. The zero-order valence-corrected chi connectivity index (χ0v) is 19.2. The van der Waals surface area contributed by atoms with Crippen LogP contribution < -0.4 is 4.74 Å². The first-order valence-corrected chi connectivity index (χ1v) is 11.3. The molecule has 1 atom stereocenters. The van der Waals surface area contributed by atoms with Gasteiger partial charge in [-0.1, -0.05) is 66.7 Å². The summed E-state index contributed by atoms with van der Waals surface area (Å²) in [5.41, 5.74) is 4.33. The summed E-state index contributed by atoms with van der Waals surface area (Å²) in [6.07, 6.45) is 0.912. The predicted octanol–water partition coefficient (Wildman–Crippen LogP) is 4.06. The van der Waals surface area contributed by atoms with Gasteiger partial charge >= 0.3 is 0 Å². The van der Waals surface area contributed by atoms with Gasteiger partial charge in [0, 0.05) is 26.7 Å². The number of benzene rings is 3. The van der Waals surface area contributed by atoms with E-state index in [1.165, 1.54) is 0 Å². The molecule has 1 fully saturated rings. The van der Waals surface area contributed by atoms with Crippen molar-refractivity contribution in [1.29, 1.82) is 0 Å². The zero-order valence-electron chi connectivity index (χ0n) is 19.2. The van der Waals surface area contributed by atoms with Gasteiger partial charge in [0.25, 0.3) is 0 Å². The highest BCUT2D eigenvalue weighted by Crippen LogP contribution is 2.27. The van der Waals surface area contributed by atoms with Gasteiger partial charge in [-0.25, -0.2) is 0 Å². The SMILES string of the molecule is COc1ccc(CC(=O)N2CCN(C)C(=O)[C@@H](Cc3ccccc3-c3ccccc3)C2)cc1. The van der Waals surface area contributed by atoms with Crippen LogP contribution in [-0.4, -0.2) is 55.4 Å². The van der Waals surface area contributed by atoms with E-state index in [-0.39, 0.29) is 17.7 Å². The smallest absolute Gasteiger partial charge is 0.227 e. The lowest BCUT2D eigenvalue weighted by Crippen LogP contribution is -2.38. The molecule has 0 spiro atoms. The highest BCUT2D eigenvalue weighted by Gasteiger charge is 2.31. The number of carbonyl (C=O) groups excluding carboxylic acids is 2. The van der Waals surface area contributed by atoms with E-state index in [9.17, 15) is 9.59 Å². The third-order valence-electron chi connectivity index (χ3n) is 6.31. The predicted molar refractivity (Wildman–Crippen MR) is 130 cm³/mol. The highest BCUT2D eigenvalue weighted by molar-refractivity contribution is 5.83. The topological polar surface area (TPSA) is 49.9 Å². The number of ether oxygens (including phenoxy) is 1. The molecule has 0 aromatic heterocycles. The molecule has 1 saturated heterocycles. The second-order valence-electron chi connectivity index (χ2n) is 8.55. The third-order valence-corrected chi connectivity index (χ3v) is 6.31. The molecule has 0 N–H and O–H groups in total. The van der Waals surface area contributed by atoms with Crippen LogP contribution in [0.25, 0.3) is 11.1 Å². The maximum Gasteiger partial charge on any atom is 0.227 e. The highest BCUT2D eigenvalue weighted by atomic mass is 16.5.